The Kier molecular flexibility index (Phi) is 5.92. The fourth-order valence-electron chi connectivity index (χ4n) is 1.75. The van der Waals surface area contributed by atoms with Gasteiger partial charge in [0.15, 0.2) is 5.71 Å². The van der Waals surface area contributed by atoms with Crippen LogP contribution in [-0.2, 0) is 6.42 Å². The fourth-order valence-corrected chi connectivity index (χ4v) is 1.75. The van der Waals surface area contributed by atoms with Crippen molar-refractivity contribution >= 4 is 5.71 Å². The highest BCUT2D eigenvalue weighted by Crippen LogP contribution is 2.14. The molecule has 0 saturated carbocycles. The minimum absolute atomic E-state index is 0. The highest BCUT2D eigenvalue weighted by molar-refractivity contribution is 5.96. The largest absolute Gasteiger partial charge is 0.236 e. The molecule has 0 amide bonds. The molecule has 0 aromatic heterocycles. The van der Waals surface area contributed by atoms with E-state index in [0.29, 0.717) is 0 Å². The van der Waals surface area contributed by atoms with Crippen LogP contribution in [0.25, 0.3) is 0 Å². The van der Waals surface area contributed by atoms with Gasteiger partial charge in [-0.15, -0.1) is 0 Å². The Morgan fingerprint density at radius 2 is 1.73 bits per heavy atom. The summed E-state index contributed by atoms with van der Waals surface area (Å²) in [7, 11) is 2.16. The van der Waals surface area contributed by atoms with E-state index >= 15 is 0 Å². The molecule has 0 bridgehead atoms. The van der Waals surface area contributed by atoms with E-state index in [9.17, 15) is 0 Å². The number of hydrogen-bond acceptors (Lipinski definition) is 0. The lowest BCUT2D eigenvalue weighted by Crippen LogP contribution is -2.24. The smallest absolute Gasteiger partial charge is 0.180 e. The summed E-state index contributed by atoms with van der Waals surface area (Å²) in [4.78, 5) is 0. The van der Waals surface area contributed by atoms with Crippen LogP contribution in [0, 0.1) is 0 Å². The molecule has 2 rings (SSSR count). The van der Waals surface area contributed by atoms with Crippen LogP contribution >= 0.6 is 0 Å². The van der Waals surface area contributed by atoms with Gasteiger partial charge in [-0.05, 0) is 11.6 Å². The third kappa shape index (κ3) is 2.92. The summed E-state index contributed by atoms with van der Waals surface area (Å²) in [6, 6.07) is 8.67. The van der Waals surface area contributed by atoms with Gasteiger partial charge >= 0.3 is 0 Å². The van der Waals surface area contributed by atoms with Crippen molar-refractivity contribution in [2.24, 2.45) is 0 Å². The molecule has 0 fully saturated rings. The zero-order valence-electron chi connectivity index (χ0n) is 9.67. The molecule has 0 aliphatic carbocycles. The summed E-state index contributed by atoms with van der Waals surface area (Å²) in [5.74, 6) is 0. The van der Waals surface area contributed by atoms with Crippen LogP contribution in [-0.4, -0.2) is 23.9 Å². The molecule has 0 N–H and O–H groups in total. The average Bonchev–Trinajstić information content (AvgIpc) is 2.27. The van der Waals surface area contributed by atoms with Crippen molar-refractivity contribution in [2.75, 3.05) is 13.6 Å². The van der Waals surface area contributed by atoms with Gasteiger partial charge in [0.2, 0.25) is 0 Å². The molecule has 0 radical (unpaired) electrons. The average molecular weight is 206 g/mol. The maximum absolute atomic E-state index is 2.32. The summed E-state index contributed by atoms with van der Waals surface area (Å²) in [5, 5.41) is 0. The van der Waals surface area contributed by atoms with Gasteiger partial charge in [-0.2, -0.15) is 0 Å². The van der Waals surface area contributed by atoms with Gasteiger partial charge in [0, 0.05) is 18.9 Å². The Morgan fingerprint density at radius 1 is 1.13 bits per heavy atom. The lowest BCUT2D eigenvalue weighted by molar-refractivity contribution is -0.498. The first-order valence-electron chi connectivity index (χ1n) is 5.42. The van der Waals surface area contributed by atoms with Gasteiger partial charge < -0.3 is 0 Å². The van der Waals surface area contributed by atoms with Gasteiger partial charge in [0.05, 0.1) is 0 Å². The maximum atomic E-state index is 2.32. The highest BCUT2D eigenvalue weighted by atomic mass is 15.0. The van der Waals surface area contributed by atoms with Crippen molar-refractivity contribution in [3.8, 4) is 0 Å². The van der Waals surface area contributed by atoms with Gasteiger partial charge in [0.1, 0.15) is 13.6 Å². The van der Waals surface area contributed by atoms with E-state index < -0.39 is 0 Å². The Bertz CT molecular complexity index is 337. The van der Waals surface area contributed by atoms with E-state index in [0.717, 1.165) is 6.54 Å². The summed E-state index contributed by atoms with van der Waals surface area (Å²) >= 11 is 0. The molecule has 0 saturated heterocycles. The van der Waals surface area contributed by atoms with E-state index in [2.05, 4.69) is 42.8 Å². The highest BCUT2D eigenvalue weighted by Gasteiger charge is 2.17. The summed E-state index contributed by atoms with van der Waals surface area (Å²) in [5.41, 5.74) is 4.32. The Hall–Kier alpha value is -1.11. The number of nitrogens with zero attached hydrogens (tertiary/aromatic N) is 1. The third-order valence-corrected chi connectivity index (χ3v) is 2.70. The Labute approximate surface area is 94.5 Å². The minimum atomic E-state index is 0. The van der Waals surface area contributed by atoms with E-state index in [-0.39, 0.29) is 7.43 Å². The van der Waals surface area contributed by atoms with E-state index in [4.69, 9.17) is 0 Å². The van der Waals surface area contributed by atoms with Crippen molar-refractivity contribution in [1.29, 1.82) is 0 Å². The lowest BCUT2D eigenvalue weighted by Gasteiger charge is -2.13. The molecule has 1 nitrogen and oxygen atoms in total. The van der Waals surface area contributed by atoms with E-state index in [1.54, 1.807) is 0 Å². The summed E-state index contributed by atoms with van der Waals surface area (Å²) in [6.45, 7) is 7.35. The van der Waals surface area contributed by atoms with Crippen LogP contribution < -0.4 is 0 Å². The molecule has 1 heterocycles. The van der Waals surface area contributed by atoms with E-state index in [1.165, 1.54) is 23.3 Å². The standard InChI is InChI=1S/C11H14N.C2H6.CH4/c1-9-11-6-4-3-5-10(11)7-8-12(9)2;1-2;/h3-6H,7-8H2,1-2H3;1-2H3;1H4/q+1;;. The van der Waals surface area contributed by atoms with Crippen LogP contribution in [0.15, 0.2) is 24.3 Å². The first kappa shape index (κ1) is 13.9. The quantitative estimate of drug-likeness (QED) is 0.573. The molecular formula is C14H24N+. The Balaban J connectivity index is 0.000000617. The number of hydrogen-bond donors (Lipinski definition) is 0. The number of rotatable bonds is 0. The zero-order chi connectivity index (χ0) is 10.6. The van der Waals surface area contributed by atoms with Crippen molar-refractivity contribution < 1.29 is 4.58 Å². The zero-order valence-corrected chi connectivity index (χ0v) is 9.67. The van der Waals surface area contributed by atoms with Gasteiger partial charge in [-0.1, -0.05) is 39.5 Å². The first-order chi connectivity index (χ1) is 6.79. The van der Waals surface area contributed by atoms with Crippen molar-refractivity contribution in [1.82, 2.24) is 0 Å². The predicted octanol–water partition coefficient (Wildman–Crippen LogP) is 3.36. The van der Waals surface area contributed by atoms with Gasteiger partial charge in [-0.3, -0.25) is 0 Å². The molecule has 0 atom stereocenters. The molecule has 0 unspecified atom stereocenters. The van der Waals surface area contributed by atoms with Crippen LogP contribution in [0.2, 0.25) is 0 Å². The number of likely N-dealkylation sites (N-methyl/N-ethyl adjacent to an activating group) is 1. The van der Waals surface area contributed by atoms with Gasteiger partial charge in [-0.25, -0.2) is 4.58 Å². The molecule has 1 aromatic carbocycles. The van der Waals surface area contributed by atoms with Crippen LogP contribution in [0.5, 0.6) is 0 Å². The molecule has 1 aliphatic rings. The van der Waals surface area contributed by atoms with Crippen molar-refractivity contribution in [3.05, 3.63) is 35.4 Å². The molecular weight excluding hydrogens is 182 g/mol. The van der Waals surface area contributed by atoms with E-state index in [1.807, 2.05) is 13.8 Å². The second-order valence-corrected chi connectivity index (χ2v) is 3.41. The minimum Gasteiger partial charge on any atom is -0.236 e. The fraction of sp³-hybridized carbons (Fsp3) is 0.500. The third-order valence-electron chi connectivity index (χ3n) is 2.70. The predicted molar refractivity (Wildman–Crippen MR) is 69.1 cm³/mol. The van der Waals surface area contributed by atoms with Crippen LogP contribution in [0.4, 0.5) is 0 Å². The SMILES string of the molecule is C.CC.CC1=[N+](C)CCc2ccccc21. The second kappa shape index (κ2) is 6.39. The Morgan fingerprint density at radius 3 is 2.40 bits per heavy atom. The second-order valence-electron chi connectivity index (χ2n) is 3.41. The van der Waals surface area contributed by atoms with Crippen molar-refractivity contribution in [3.63, 3.8) is 0 Å². The number of fused-ring (bicyclic) bond motifs is 1. The normalized spacial score (nSPS) is 13.3. The maximum Gasteiger partial charge on any atom is 0.180 e. The van der Waals surface area contributed by atoms with Crippen LogP contribution in [0.1, 0.15) is 39.3 Å². The number of benzene rings is 1. The molecule has 1 aliphatic heterocycles. The van der Waals surface area contributed by atoms with Crippen LogP contribution in [0.3, 0.4) is 0 Å². The molecule has 1 aromatic rings. The molecule has 84 valence electrons. The summed E-state index contributed by atoms with van der Waals surface area (Å²) < 4.78 is 2.32. The lowest BCUT2D eigenvalue weighted by atomic mass is 9.98. The first-order valence-corrected chi connectivity index (χ1v) is 5.42. The van der Waals surface area contributed by atoms with Crippen molar-refractivity contribution in [2.45, 2.75) is 34.6 Å². The molecule has 1 heteroatoms. The molecule has 15 heavy (non-hydrogen) atoms. The van der Waals surface area contributed by atoms with Gasteiger partial charge in [0.25, 0.3) is 0 Å². The summed E-state index contributed by atoms with van der Waals surface area (Å²) in [6.07, 6.45) is 1.18. The topological polar surface area (TPSA) is 3.01 Å². The monoisotopic (exact) mass is 206 g/mol. The molecule has 0 spiro atoms.